The van der Waals surface area contributed by atoms with Crippen molar-refractivity contribution in [2.24, 2.45) is 0 Å². The van der Waals surface area contributed by atoms with Crippen LogP contribution in [0, 0.1) is 0 Å². The molecule has 0 spiro atoms. The molecule has 2 atom stereocenters. The van der Waals surface area contributed by atoms with Crippen molar-refractivity contribution in [3.05, 3.63) is 41.1 Å². The lowest BCUT2D eigenvalue weighted by Crippen LogP contribution is -2.56. The fraction of sp³-hybridized carbons (Fsp3) is 0.429. The summed E-state index contributed by atoms with van der Waals surface area (Å²) < 4.78 is 0. The maximum Gasteiger partial charge on any atom is 0.328 e. The SMILES string of the molecule is CN1C2CCCCC1CN(c1ccc(-c3ccsc3)nn1)C2.O=C(O)/C=C/C(=O)O. The normalized spacial score (nSPS) is 21.6. The highest BCUT2D eigenvalue weighted by Crippen LogP contribution is 2.29. The molecule has 2 aromatic heterocycles. The summed E-state index contributed by atoms with van der Waals surface area (Å²) >= 11 is 1.70. The van der Waals surface area contributed by atoms with Crippen LogP contribution >= 0.6 is 11.3 Å². The van der Waals surface area contributed by atoms with E-state index in [1.165, 1.54) is 25.7 Å². The van der Waals surface area contributed by atoms with Gasteiger partial charge in [-0.25, -0.2) is 9.59 Å². The maximum absolute atomic E-state index is 9.55. The molecule has 9 heteroatoms. The van der Waals surface area contributed by atoms with Crippen molar-refractivity contribution in [1.82, 2.24) is 15.1 Å². The molecule has 2 unspecified atom stereocenters. The van der Waals surface area contributed by atoms with Crippen LogP contribution in [-0.2, 0) is 9.59 Å². The lowest BCUT2D eigenvalue weighted by atomic mass is 10.1. The van der Waals surface area contributed by atoms with Gasteiger partial charge in [0.25, 0.3) is 0 Å². The second kappa shape index (κ2) is 10.3. The minimum Gasteiger partial charge on any atom is -0.478 e. The number of hydrogen-bond donors (Lipinski definition) is 2. The molecule has 0 aliphatic carbocycles. The second-order valence-corrected chi connectivity index (χ2v) is 8.24. The van der Waals surface area contributed by atoms with E-state index < -0.39 is 11.9 Å². The number of carboxylic acids is 2. The van der Waals surface area contributed by atoms with Crippen LogP contribution in [0.3, 0.4) is 0 Å². The van der Waals surface area contributed by atoms with E-state index in [-0.39, 0.29) is 0 Å². The van der Waals surface area contributed by atoms with E-state index in [2.05, 4.69) is 56.0 Å². The van der Waals surface area contributed by atoms with E-state index in [0.717, 1.165) is 30.2 Å². The zero-order chi connectivity index (χ0) is 21.5. The van der Waals surface area contributed by atoms with Crippen LogP contribution in [0.25, 0.3) is 11.3 Å². The van der Waals surface area contributed by atoms with Gasteiger partial charge in [-0.1, -0.05) is 12.8 Å². The van der Waals surface area contributed by atoms with Gasteiger partial charge in [-0.2, -0.15) is 11.3 Å². The summed E-state index contributed by atoms with van der Waals surface area (Å²) in [5.41, 5.74) is 2.13. The van der Waals surface area contributed by atoms with Gasteiger partial charge >= 0.3 is 11.9 Å². The first-order chi connectivity index (χ1) is 14.4. The molecule has 0 aromatic carbocycles. The summed E-state index contributed by atoms with van der Waals surface area (Å²) in [5, 5.41) is 28.8. The molecule has 2 aromatic rings. The van der Waals surface area contributed by atoms with Crippen molar-refractivity contribution in [2.75, 3.05) is 25.0 Å². The predicted molar refractivity (Wildman–Crippen MR) is 116 cm³/mol. The van der Waals surface area contributed by atoms with Crippen LogP contribution in [-0.4, -0.2) is 69.5 Å². The number of rotatable bonds is 4. The lowest BCUT2D eigenvalue weighted by molar-refractivity contribution is -0.134. The number of thiophene rings is 1. The van der Waals surface area contributed by atoms with E-state index in [9.17, 15) is 9.59 Å². The summed E-state index contributed by atoms with van der Waals surface area (Å²) in [6, 6.07) is 7.67. The van der Waals surface area contributed by atoms with Crippen molar-refractivity contribution in [1.29, 1.82) is 0 Å². The van der Waals surface area contributed by atoms with Gasteiger partial charge < -0.3 is 15.1 Å². The summed E-state index contributed by atoms with van der Waals surface area (Å²) in [6.45, 7) is 2.17. The number of carboxylic acid groups (broad SMARTS) is 2. The Kier molecular flexibility index (Phi) is 7.53. The Morgan fingerprint density at radius 2 is 1.67 bits per heavy atom. The number of anilines is 1. The highest BCUT2D eigenvalue weighted by Gasteiger charge is 2.33. The predicted octanol–water partition coefficient (Wildman–Crippen LogP) is 2.98. The van der Waals surface area contributed by atoms with Gasteiger partial charge in [0.05, 0.1) is 5.69 Å². The topological polar surface area (TPSA) is 107 Å². The van der Waals surface area contributed by atoms with Crippen molar-refractivity contribution in [3.63, 3.8) is 0 Å². The third kappa shape index (κ3) is 5.87. The number of carbonyl (C=O) groups is 2. The highest BCUT2D eigenvalue weighted by atomic mass is 32.1. The first-order valence-corrected chi connectivity index (χ1v) is 10.9. The second-order valence-electron chi connectivity index (χ2n) is 7.46. The number of aliphatic carboxylic acids is 2. The van der Waals surface area contributed by atoms with Crippen LogP contribution in [0.2, 0.25) is 0 Å². The van der Waals surface area contributed by atoms with Crippen LogP contribution in [0.4, 0.5) is 5.82 Å². The fourth-order valence-corrected chi connectivity index (χ4v) is 4.53. The Bertz CT molecular complexity index is 838. The van der Waals surface area contributed by atoms with Crippen molar-refractivity contribution in [2.45, 2.75) is 37.8 Å². The first-order valence-electron chi connectivity index (χ1n) is 9.91. The van der Waals surface area contributed by atoms with E-state index in [0.29, 0.717) is 24.2 Å². The van der Waals surface area contributed by atoms with Gasteiger partial charge in [0.15, 0.2) is 5.82 Å². The number of aromatic nitrogens is 2. The molecule has 8 nitrogen and oxygen atoms in total. The van der Waals surface area contributed by atoms with Gasteiger partial charge in [-0.05, 0) is 43.5 Å². The zero-order valence-electron chi connectivity index (χ0n) is 16.8. The summed E-state index contributed by atoms with van der Waals surface area (Å²) in [7, 11) is 2.29. The van der Waals surface area contributed by atoms with Crippen molar-refractivity contribution >= 4 is 29.1 Å². The molecule has 2 bridgehead atoms. The van der Waals surface area contributed by atoms with E-state index in [4.69, 9.17) is 10.2 Å². The smallest absolute Gasteiger partial charge is 0.328 e. The molecular formula is C21H26N4O4S. The Morgan fingerprint density at radius 1 is 1.03 bits per heavy atom. The number of hydrogen-bond acceptors (Lipinski definition) is 7. The number of fused-ring (bicyclic) bond motifs is 2. The van der Waals surface area contributed by atoms with E-state index in [1.807, 2.05) is 0 Å². The largest absolute Gasteiger partial charge is 0.478 e. The quantitative estimate of drug-likeness (QED) is 0.713. The Hall–Kier alpha value is -2.78. The van der Waals surface area contributed by atoms with Crippen LogP contribution in [0.1, 0.15) is 25.7 Å². The average Bonchev–Trinajstić information content (AvgIpc) is 3.24. The van der Waals surface area contributed by atoms with Crippen LogP contribution < -0.4 is 4.90 Å². The minimum atomic E-state index is -1.26. The Labute approximate surface area is 179 Å². The standard InChI is InChI=1S/C17H22N4S.C4H4O4/c1-20-14-4-2-3-5-15(20)11-21(10-14)17-7-6-16(18-19-17)13-8-9-22-12-13;5-3(6)1-2-4(7)8/h6-9,12,14-15H,2-5,10-11H2,1H3;1-2H,(H,5,6)(H,7,8)/b;2-1+. The van der Waals surface area contributed by atoms with Crippen LogP contribution in [0.15, 0.2) is 41.1 Å². The van der Waals surface area contributed by atoms with Gasteiger partial charge in [-0.15, -0.1) is 10.2 Å². The Morgan fingerprint density at radius 3 is 2.13 bits per heavy atom. The summed E-state index contributed by atoms with van der Waals surface area (Å²) in [5.74, 6) is -1.48. The molecule has 0 saturated carbocycles. The third-order valence-electron chi connectivity index (χ3n) is 5.50. The van der Waals surface area contributed by atoms with Gasteiger partial charge in [0.2, 0.25) is 0 Å². The molecular weight excluding hydrogens is 404 g/mol. The summed E-state index contributed by atoms with van der Waals surface area (Å²) in [4.78, 5) is 24.1. The molecule has 2 aliphatic rings. The fourth-order valence-electron chi connectivity index (χ4n) is 3.88. The molecule has 4 rings (SSSR count). The van der Waals surface area contributed by atoms with Crippen molar-refractivity contribution in [3.8, 4) is 11.3 Å². The van der Waals surface area contributed by atoms with Crippen LogP contribution in [0.5, 0.6) is 0 Å². The average molecular weight is 431 g/mol. The summed E-state index contributed by atoms with van der Waals surface area (Å²) in [6.07, 6.45) is 6.46. The molecule has 30 heavy (non-hydrogen) atoms. The minimum absolute atomic E-state index is 0.558. The highest BCUT2D eigenvalue weighted by molar-refractivity contribution is 7.08. The first kappa shape index (κ1) is 21.9. The Balaban J connectivity index is 0.000000275. The number of likely N-dealkylation sites (N-methyl/N-ethyl adjacent to an activating group) is 1. The molecule has 4 heterocycles. The molecule has 2 saturated heterocycles. The maximum atomic E-state index is 9.55. The zero-order valence-corrected chi connectivity index (χ0v) is 17.7. The van der Waals surface area contributed by atoms with Gasteiger partial charge in [0.1, 0.15) is 0 Å². The van der Waals surface area contributed by atoms with Gasteiger partial charge in [-0.3, -0.25) is 4.90 Å². The molecule has 2 N–H and O–H groups in total. The molecule has 0 amide bonds. The van der Waals surface area contributed by atoms with E-state index in [1.54, 1.807) is 11.3 Å². The molecule has 2 fully saturated rings. The number of piperazine rings is 1. The third-order valence-corrected chi connectivity index (χ3v) is 6.18. The van der Waals surface area contributed by atoms with E-state index >= 15 is 0 Å². The molecule has 160 valence electrons. The number of nitrogens with zero attached hydrogens (tertiary/aromatic N) is 4. The van der Waals surface area contributed by atoms with Gasteiger partial charge in [0, 0.05) is 48.3 Å². The lowest BCUT2D eigenvalue weighted by Gasteiger charge is -2.44. The molecule has 2 aliphatic heterocycles. The molecule has 0 radical (unpaired) electrons. The van der Waals surface area contributed by atoms with Crippen molar-refractivity contribution < 1.29 is 19.8 Å². The monoisotopic (exact) mass is 430 g/mol.